The van der Waals surface area contributed by atoms with E-state index in [1.54, 1.807) is 12.1 Å². The van der Waals surface area contributed by atoms with E-state index in [2.05, 4.69) is 10.6 Å². The third kappa shape index (κ3) is 5.93. The highest BCUT2D eigenvalue weighted by Crippen LogP contribution is 2.41. The summed E-state index contributed by atoms with van der Waals surface area (Å²) in [5.74, 6) is 0.386. The molecule has 0 unspecified atom stereocenters. The fourth-order valence-corrected chi connectivity index (χ4v) is 3.15. The Morgan fingerprint density at radius 2 is 1.59 bits per heavy atom. The van der Waals surface area contributed by atoms with Crippen molar-refractivity contribution < 1.29 is 36.2 Å². The van der Waals surface area contributed by atoms with Crippen molar-refractivity contribution >= 4 is 11.6 Å². The number of carbonyl (C=O) groups is 1. The van der Waals surface area contributed by atoms with Gasteiger partial charge >= 0.3 is 12.4 Å². The van der Waals surface area contributed by atoms with E-state index in [-0.39, 0.29) is 18.1 Å². The Morgan fingerprint density at radius 3 is 2.16 bits per heavy atom. The van der Waals surface area contributed by atoms with Crippen LogP contribution in [0, 0.1) is 5.92 Å². The van der Waals surface area contributed by atoms with Crippen molar-refractivity contribution in [3.05, 3.63) is 65.2 Å². The van der Waals surface area contributed by atoms with Crippen molar-refractivity contribution in [2.24, 2.45) is 5.92 Å². The number of alkyl halides is 6. The molecule has 10 heteroatoms. The molecule has 2 aromatic rings. The molecule has 1 saturated carbocycles. The lowest BCUT2D eigenvalue weighted by molar-refractivity contribution is -0.260. The van der Waals surface area contributed by atoms with Crippen molar-refractivity contribution in [2.75, 3.05) is 11.9 Å². The lowest BCUT2D eigenvalue weighted by atomic mass is 9.91. The fraction of sp³-hybridized carbons (Fsp3) is 0.409. The highest BCUT2D eigenvalue weighted by atomic mass is 19.4. The molecule has 0 aromatic heterocycles. The van der Waals surface area contributed by atoms with Crippen LogP contribution in [0.5, 0.6) is 0 Å². The standard InChI is InChI=1S/C22H22F6N2O2/c23-21(24,25)17-3-1-2-16(11-17)20(32,22(26,27)28)13-30-18-8-6-15(7-9-18)12-29-19(31)10-14-4-5-14/h1-3,6-9,11,14,30,32H,4-5,10,12-13H2,(H,29,31)/t20-/m1/s1. The molecule has 0 aliphatic heterocycles. The molecule has 1 aliphatic rings. The molecule has 1 atom stereocenters. The van der Waals surface area contributed by atoms with Gasteiger partial charge in [0.05, 0.1) is 12.1 Å². The molecule has 0 saturated heterocycles. The van der Waals surface area contributed by atoms with E-state index in [4.69, 9.17) is 0 Å². The van der Waals surface area contributed by atoms with E-state index in [0.29, 0.717) is 24.5 Å². The zero-order valence-corrected chi connectivity index (χ0v) is 16.9. The molecule has 0 spiro atoms. The average Bonchev–Trinajstić information content (AvgIpc) is 3.54. The fourth-order valence-electron chi connectivity index (χ4n) is 3.15. The van der Waals surface area contributed by atoms with Gasteiger partial charge in [0.1, 0.15) is 0 Å². The van der Waals surface area contributed by atoms with Crippen LogP contribution in [-0.2, 0) is 23.1 Å². The maximum Gasteiger partial charge on any atom is 0.423 e. The first-order chi connectivity index (χ1) is 14.9. The second-order valence-electron chi connectivity index (χ2n) is 7.91. The SMILES string of the molecule is O=C(CC1CC1)NCc1ccc(NC[C@@](O)(c2cccc(C(F)(F)F)c2)C(F)(F)F)cc1. The second kappa shape index (κ2) is 9.01. The zero-order valence-electron chi connectivity index (χ0n) is 16.9. The van der Waals surface area contributed by atoms with Crippen molar-refractivity contribution in [1.82, 2.24) is 5.32 Å². The van der Waals surface area contributed by atoms with Crippen LogP contribution in [0.4, 0.5) is 32.0 Å². The van der Waals surface area contributed by atoms with Crippen LogP contribution < -0.4 is 10.6 Å². The lowest BCUT2D eigenvalue weighted by Gasteiger charge is -2.32. The van der Waals surface area contributed by atoms with Gasteiger partial charge in [0.15, 0.2) is 0 Å². The van der Waals surface area contributed by atoms with Gasteiger partial charge in [-0.1, -0.05) is 24.3 Å². The van der Waals surface area contributed by atoms with E-state index in [0.717, 1.165) is 30.5 Å². The molecule has 2 aromatic carbocycles. The van der Waals surface area contributed by atoms with Gasteiger partial charge in [-0.3, -0.25) is 4.79 Å². The first kappa shape index (κ1) is 23.9. The van der Waals surface area contributed by atoms with Gasteiger partial charge in [0, 0.05) is 18.7 Å². The second-order valence-corrected chi connectivity index (χ2v) is 7.91. The number of anilines is 1. The lowest BCUT2D eigenvalue weighted by Crippen LogP contribution is -2.47. The third-order valence-electron chi connectivity index (χ3n) is 5.30. The average molecular weight is 460 g/mol. The molecule has 3 N–H and O–H groups in total. The number of carbonyl (C=O) groups excluding carboxylic acids is 1. The number of rotatable bonds is 8. The van der Waals surface area contributed by atoms with E-state index >= 15 is 0 Å². The summed E-state index contributed by atoms with van der Waals surface area (Å²) in [6.07, 6.45) is -7.49. The van der Waals surface area contributed by atoms with Gasteiger partial charge in [-0.05, 0) is 54.2 Å². The largest absolute Gasteiger partial charge is 0.423 e. The van der Waals surface area contributed by atoms with Crippen molar-refractivity contribution in [3.63, 3.8) is 0 Å². The molecular weight excluding hydrogens is 438 g/mol. The Hall–Kier alpha value is -2.75. The van der Waals surface area contributed by atoms with Crippen LogP contribution in [0.25, 0.3) is 0 Å². The number of hydrogen-bond acceptors (Lipinski definition) is 3. The Labute approximate surface area is 180 Å². The molecule has 174 valence electrons. The number of benzene rings is 2. The number of halogens is 6. The van der Waals surface area contributed by atoms with Crippen LogP contribution in [0.2, 0.25) is 0 Å². The van der Waals surface area contributed by atoms with Crippen molar-refractivity contribution in [1.29, 1.82) is 0 Å². The first-order valence-electron chi connectivity index (χ1n) is 9.95. The van der Waals surface area contributed by atoms with E-state index in [9.17, 15) is 36.2 Å². The summed E-state index contributed by atoms with van der Waals surface area (Å²) < 4.78 is 79.7. The molecule has 4 nitrogen and oxygen atoms in total. The third-order valence-corrected chi connectivity index (χ3v) is 5.30. The smallest absolute Gasteiger partial charge is 0.381 e. The zero-order chi connectivity index (χ0) is 23.6. The molecule has 1 amide bonds. The van der Waals surface area contributed by atoms with Gasteiger partial charge in [-0.2, -0.15) is 26.3 Å². The normalized spacial score (nSPS) is 16.3. The van der Waals surface area contributed by atoms with E-state index in [1.807, 2.05) is 0 Å². The number of hydrogen-bond donors (Lipinski definition) is 3. The van der Waals surface area contributed by atoms with Crippen molar-refractivity contribution in [3.8, 4) is 0 Å². The highest BCUT2D eigenvalue weighted by Gasteiger charge is 2.55. The molecule has 0 heterocycles. The van der Waals surface area contributed by atoms with Crippen LogP contribution in [0.15, 0.2) is 48.5 Å². The van der Waals surface area contributed by atoms with Crippen molar-refractivity contribution in [2.45, 2.75) is 43.8 Å². The maximum atomic E-state index is 13.6. The van der Waals surface area contributed by atoms with Crippen LogP contribution in [-0.4, -0.2) is 23.7 Å². The van der Waals surface area contributed by atoms with Crippen LogP contribution in [0.3, 0.4) is 0 Å². The van der Waals surface area contributed by atoms with Gasteiger partial charge < -0.3 is 15.7 Å². The first-order valence-corrected chi connectivity index (χ1v) is 9.95. The maximum absolute atomic E-state index is 13.6. The summed E-state index contributed by atoms with van der Waals surface area (Å²) in [6.45, 7) is -0.822. The number of aliphatic hydroxyl groups is 1. The number of nitrogens with one attached hydrogen (secondary N) is 2. The minimum atomic E-state index is -5.23. The molecular formula is C22H22F6N2O2. The Balaban J connectivity index is 1.67. The quantitative estimate of drug-likeness (QED) is 0.487. The molecule has 3 rings (SSSR count). The molecule has 1 fully saturated rings. The van der Waals surface area contributed by atoms with Gasteiger partial charge in [0.2, 0.25) is 11.5 Å². The monoisotopic (exact) mass is 460 g/mol. The minimum Gasteiger partial charge on any atom is -0.381 e. The minimum absolute atomic E-state index is 0.0639. The summed E-state index contributed by atoms with van der Waals surface area (Å²) in [7, 11) is 0. The Kier molecular flexibility index (Phi) is 6.73. The summed E-state index contributed by atoms with van der Waals surface area (Å²) in [4.78, 5) is 11.7. The topological polar surface area (TPSA) is 61.4 Å². The summed E-state index contributed by atoms with van der Waals surface area (Å²) in [5, 5.41) is 15.5. The molecule has 1 aliphatic carbocycles. The van der Waals surface area contributed by atoms with Gasteiger partial charge in [-0.15, -0.1) is 0 Å². The van der Waals surface area contributed by atoms with Gasteiger partial charge in [0.25, 0.3) is 0 Å². The molecule has 0 bridgehead atoms. The predicted molar refractivity (Wildman–Crippen MR) is 106 cm³/mol. The number of amides is 1. The summed E-state index contributed by atoms with van der Waals surface area (Å²) >= 11 is 0. The van der Waals surface area contributed by atoms with E-state index in [1.165, 1.54) is 12.1 Å². The summed E-state index contributed by atoms with van der Waals surface area (Å²) in [6, 6.07) is 8.67. The Morgan fingerprint density at radius 1 is 0.969 bits per heavy atom. The van der Waals surface area contributed by atoms with Crippen LogP contribution >= 0.6 is 0 Å². The highest BCUT2D eigenvalue weighted by molar-refractivity contribution is 5.76. The molecule has 32 heavy (non-hydrogen) atoms. The van der Waals surface area contributed by atoms with E-state index < -0.39 is 35.6 Å². The predicted octanol–water partition coefficient (Wildman–Crippen LogP) is 4.98. The van der Waals surface area contributed by atoms with Gasteiger partial charge in [-0.25, -0.2) is 0 Å². The Bertz CT molecular complexity index is 939. The molecule has 0 radical (unpaired) electrons. The summed E-state index contributed by atoms with van der Waals surface area (Å²) in [5.41, 5.74) is -4.78. The van der Waals surface area contributed by atoms with Crippen LogP contribution in [0.1, 0.15) is 36.0 Å².